The van der Waals surface area contributed by atoms with E-state index in [4.69, 9.17) is 58.9 Å². The predicted molar refractivity (Wildman–Crippen MR) is 469 cm³/mol. The second-order valence-corrected chi connectivity index (χ2v) is 34.6. The maximum Gasteiger partial charge on any atom is 1.00 e. The number of alkyl halides is 1. The van der Waals surface area contributed by atoms with Crippen molar-refractivity contribution < 1.29 is 103 Å². The SMILES string of the molecule is CC(C)(C)OC(=O)N1CCN(c2cn[nH]c(=O)c2)CC1.CC(C)(C)OC(=O)N1CCN(c2cn[nH]c(=O)c2Cl)CC1.CC(C)(C)OC(=O)N1CCN(c2cnn(C3CCC(=O)NC3=O)c(=O)c2)CC1.CC(C)(C)OC(=O)N1CCNCC1.CO.Cl.O=C1CCC(Br)C(=O)N1.O=C1CCC(n2ccc(N3CCNCC3)cc2=O)C(=O)N1.O=c1[nH]ncc(Cl)c1Cl.[H-].[Na+]. The molecule has 5 aromatic heterocycles. The number of aliphatic hydroxyl groups is 1. The van der Waals surface area contributed by atoms with Crippen LogP contribution in [0.4, 0.5) is 41.9 Å². The van der Waals surface area contributed by atoms with Crippen LogP contribution in [0.25, 0.3) is 0 Å². The van der Waals surface area contributed by atoms with Gasteiger partial charge in [-0.3, -0.25) is 68.7 Å². The molecule has 3 atom stereocenters. The Balaban J connectivity index is 0.000000387. The van der Waals surface area contributed by atoms with Gasteiger partial charge in [0, 0.05) is 187 Å². The topological polar surface area (TPSA) is 508 Å². The Labute approximate surface area is 775 Å². The van der Waals surface area contributed by atoms with Gasteiger partial charge in [-0.1, -0.05) is 50.7 Å². The standard InChI is InChI=1S/C18H25N5O5.C14H18N4O3.C13H19ClN4O3.C13H20N4O3.C9H18N2O2.C5H6BrNO2.C4H2Cl2N2O.CH4O.ClH.Na.H/c1-18(2,3)28-17(27)22-8-6-21(7-9-22)12-10-15(25)23(19-11-12)13-4-5-14(24)20-16(13)26;19-12-2-1-11(14(21)16-12)18-6-3-10(9-13(18)20)17-7-4-15-5-8-17;1-13(2,3)21-12(20)18-6-4-17(5-7-18)9-8-15-16-11(19)10(9)14;1-13(2,3)20-12(19)17-6-4-16(5-7-17)10-8-11(18)15-14-9-10;1-9(2,3)13-8(12)11-6-4-10-5-7-11;6-3-1-2-4(8)7-5(3)9;5-2-1-7-8-4(9)3(2)6;1-2;;;/h10-11,13H,4-9H2,1-3H3,(H,20,24,26);3,6,9,11,15H,1-2,4-5,7-8H2,(H,16,19,21);8H,4-7H2,1-3H3,(H,16,19);8-9H,4-7H2,1-3H3,(H,15,18);10H,4-7H2,1-3H3;3H,1-2H2,(H,7,8,9);1H,(H,8,9);2H,1H3;1H;;/q;;;;;;;;;+1;-1. The van der Waals surface area contributed by atoms with Crippen LogP contribution in [0.3, 0.4) is 0 Å². The minimum atomic E-state index is -0.775. The van der Waals surface area contributed by atoms with Crippen molar-refractivity contribution in [3.05, 3.63) is 122 Å². The molecule has 3 unspecified atom stereocenters. The minimum Gasteiger partial charge on any atom is -1.00 e. The number of hydrogen-bond acceptors (Lipinski definition) is 30. The van der Waals surface area contributed by atoms with Gasteiger partial charge in [-0.15, -0.1) is 12.4 Å². The zero-order chi connectivity index (χ0) is 91.3. The fourth-order valence-corrected chi connectivity index (χ4v) is 13.1. The number of hydrogen-bond donors (Lipinski definition) is 9. The zero-order valence-corrected chi connectivity index (χ0v) is 79.4. The van der Waals surface area contributed by atoms with E-state index in [1.807, 2.05) is 104 Å². The summed E-state index contributed by atoms with van der Waals surface area (Å²) < 4.78 is 23.8. The molecule has 125 heavy (non-hydrogen) atoms. The Morgan fingerprint density at radius 2 is 0.808 bits per heavy atom. The first-order valence-electron chi connectivity index (χ1n) is 39.7. The van der Waals surface area contributed by atoms with Crippen molar-refractivity contribution >= 4 is 146 Å². The van der Waals surface area contributed by atoms with Gasteiger partial charge >= 0.3 is 53.9 Å². The Hall–Kier alpha value is -9.31. The molecule has 0 spiro atoms. The summed E-state index contributed by atoms with van der Waals surface area (Å²) in [5.74, 6) is -1.91. The molecule has 8 aliphatic rings. The van der Waals surface area contributed by atoms with Crippen LogP contribution in [0, 0.1) is 0 Å². The van der Waals surface area contributed by atoms with Crippen LogP contribution in [-0.2, 0) is 47.7 Å². The van der Waals surface area contributed by atoms with Crippen LogP contribution in [0.1, 0.15) is 135 Å². The molecule has 5 aromatic rings. The number of halogens is 5. The van der Waals surface area contributed by atoms with E-state index >= 15 is 0 Å². The number of carbonyl (C=O) groups is 10. The van der Waals surface area contributed by atoms with Gasteiger partial charge in [0.15, 0.2) is 0 Å². The molecule has 42 nitrogen and oxygen atoms in total. The summed E-state index contributed by atoms with van der Waals surface area (Å²) in [7, 11) is 1.00. The molecule has 0 aliphatic carbocycles. The number of carbonyl (C=O) groups excluding carboxylic acids is 10. The Bertz CT molecular complexity index is 4760. The van der Waals surface area contributed by atoms with E-state index in [2.05, 4.69) is 83.1 Å². The smallest absolute Gasteiger partial charge is 1.00 e. The van der Waals surface area contributed by atoms with Crippen LogP contribution in [0.5, 0.6) is 0 Å². The molecule has 48 heteroatoms. The first kappa shape index (κ1) is 108. The van der Waals surface area contributed by atoms with E-state index < -0.39 is 57.4 Å². The van der Waals surface area contributed by atoms with Gasteiger partial charge in [0.1, 0.15) is 44.5 Å². The van der Waals surface area contributed by atoms with Crippen molar-refractivity contribution in [3.8, 4) is 0 Å². The quantitative estimate of drug-likeness (QED) is 0.0497. The summed E-state index contributed by atoms with van der Waals surface area (Å²) in [5, 5.41) is 42.2. The van der Waals surface area contributed by atoms with Gasteiger partial charge in [0.05, 0.1) is 51.7 Å². The van der Waals surface area contributed by atoms with Gasteiger partial charge in [0.2, 0.25) is 29.5 Å². The molecule has 8 saturated heterocycles. The number of aliphatic hydroxyl groups excluding tert-OH is 1. The summed E-state index contributed by atoms with van der Waals surface area (Å²) in [6.07, 6.45) is 8.57. The first-order valence-corrected chi connectivity index (χ1v) is 41.8. The molecule has 8 aliphatic heterocycles. The molecule has 9 N–H and O–H groups in total. The third-order valence-corrected chi connectivity index (χ3v) is 20.3. The van der Waals surface area contributed by atoms with Crippen molar-refractivity contribution in [3.63, 3.8) is 0 Å². The molecular formula is C77H114BrCl4N22NaO20. The fraction of sp³-hybridized carbons (Fsp3) is 0.597. The van der Waals surface area contributed by atoms with Gasteiger partial charge in [0.25, 0.3) is 33.7 Å². The monoisotopic (exact) mass is 1910 g/mol. The van der Waals surface area contributed by atoms with Crippen LogP contribution in [-0.4, -0.2) is 295 Å². The Kier molecular flexibility index (Phi) is 44.0. The molecule has 10 amide bonds. The maximum atomic E-state index is 12.5. The average molecular weight is 1910 g/mol. The van der Waals surface area contributed by atoms with Gasteiger partial charge < -0.3 is 79.9 Å². The summed E-state index contributed by atoms with van der Waals surface area (Å²) in [4.78, 5) is 187. The Morgan fingerprint density at radius 1 is 0.440 bits per heavy atom. The van der Waals surface area contributed by atoms with Crippen LogP contribution >= 0.6 is 63.1 Å². The van der Waals surface area contributed by atoms with Crippen LogP contribution in [0.2, 0.25) is 15.1 Å². The Morgan fingerprint density at radius 3 is 1.20 bits per heavy atom. The largest absolute Gasteiger partial charge is 1.00 e. The van der Waals surface area contributed by atoms with Crippen LogP contribution in [0.15, 0.2) is 79.2 Å². The number of nitrogens with one attached hydrogen (secondary N) is 8. The number of pyridine rings is 1. The molecule has 8 fully saturated rings. The number of rotatable bonds is 6. The zero-order valence-electron chi connectivity index (χ0n) is 73.7. The number of aromatic amines is 3. The van der Waals surface area contributed by atoms with Gasteiger partial charge in [-0.05, 0) is 108 Å². The normalized spacial score (nSPS) is 18.5. The van der Waals surface area contributed by atoms with Gasteiger partial charge in [-0.25, -0.2) is 39.2 Å². The third-order valence-electron chi connectivity index (χ3n) is 18.3. The number of H-pyrrole nitrogens is 3. The number of piperazine rings is 5. The molecule has 13 heterocycles. The maximum absolute atomic E-state index is 12.5. The summed E-state index contributed by atoms with van der Waals surface area (Å²) >= 11 is 19.9. The van der Waals surface area contributed by atoms with E-state index in [0.717, 1.165) is 75.5 Å². The van der Waals surface area contributed by atoms with Crippen molar-refractivity contribution in [1.82, 2.24) is 91.1 Å². The third kappa shape index (κ3) is 36.5. The van der Waals surface area contributed by atoms with Crippen molar-refractivity contribution in [1.29, 1.82) is 0 Å². The van der Waals surface area contributed by atoms with E-state index in [-0.39, 0.29) is 147 Å². The number of nitrogens with zero attached hydrogens (tertiary/aromatic N) is 14. The molecular weight excluding hydrogens is 1800 g/mol. The van der Waals surface area contributed by atoms with Crippen molar-refractivity contribution in [2.45, 2.75) is 161 Å². The number of imide groups is 3. The van der Waals surface area contributed by atoms with E-state index in [1.165, 1.54) is 35.3 Å². The molecule has 0 radical (unpaired) electrons. The van der Waals surface area contributed by atoms with Gasteiger partial charge in [-0.2, -0.15) is 20.4 Å². The van der Waals surface area contributed by atoms with Crippen LogP contribution < -0.4 is 104 Å². The predicted octanol–water partition coefficient (Wildman–Crippen LogP) is 1.06. The molecule has 688 valence electrons. The molecule has 13 rings (SSSR count). The minimum absolute atomic E-state index is 0. The van der Waals surface area contributed by atoms with E-state index in [9.17, 15) is 71.9 Å². The summed E-state index contributed by atoms with van der Waals surface area (Å²) in [6.45, 7) is 35.6. The molecule has 0 saturated carbocycles. The van der Waals surface area contributed by atoms with E-state index in [1.54, 1.807) is 38.1 Å². The average Bonchev–Trinajstić information content (AvgIpc) is 0.819. The molecule has 0 bridgehead atoms. The van der Waals surface area contributed by atoms with E-state index in [0.29, 0.717) is 109 Å². The fourth-order valence-electron chi connectivity index (χ4n) is 12.3. The van der Waals surface area contributed by atoms with Crippen molar-refractivity contribution in [2.24, 2.45) is 0 Å². The number of amides is 10. The first-order chi connectivity index (χ1) is 57.8. The number of anilines is 4. The number of aromatic nitrogens is 9. The summed E-state index contributed by atoms with van der Waals surface area (Å²) in [5.41, 5.74) is -0.754. The van der Waals surface area contributed by atoms with Crippen molar-refractivity contribution in [2.75, 3.05) is 158 Å². The number of piperidine rings is 3. The second-order valence-electron chi connectivity index (χ2n) is 32.4. The number of ether oxygens (including phenoxy) is 4. The summed E-state index contributed by atoms with van der Waals surface area (Å²) in [6, 6.07) is 5.00. The second kappa shape index (κ2) is 50.9. The molecule has 0 aromatic carbocycles.